The van der Waals surface area contributed by atoms with Crippen LogP contribution in [-0.4, -0.2) is 35.9 Å². The van der Waals surface area contributed by atoms with Crippen LogP contribution in [0.3, 0.4) is 0 Å². The molecule has 0 bridgehead atoms. The van der Waals surface area contributed by atoms with Crippen molar-refractivity contribution < 1.29 is 31.7 Å². The van der Waals surface area contributed by atoms with E-state index in [9.17, 15) is 36.7 Å². The number of benzene rings is 2. The summed E-state index contributed by atoms with van der Waals surface area (Å²) >= 11 is 0. The van der Waals surface area contributed by atoms with Crippen LogP contribution in [0.2, 0.25) is 0 Å². The van der Waals surface area contributed by atoms with Crippen molar-refractivity contribution >= 4 is 28.5 Å². The molecule has 0 aliphatic carbocycles. The van der Waals surface area contributed by atoms with E-state index < -0.39 is 52.0 Å². The Labute approximate surface area is 237 Å². The van der Waals surface area contributed by atoms with Crippen LogP contribution in [0, 0.1) is 12.7 Å². The van der Waals surface area contributed by atoms with Crippen LogP contribution >= 0.6 is 0 Å². The van der Waals surface area contributed by atoms with Crippen molar-refractivity contribution in [1.82, 2.24) is 24.1 Å². The number of halogens is 4. The molecule has 0 atom stereocenters. The molecule has 0 saturated heterocycles. The molecule has 43 heavy (non-hydrogen) atoms. The molecule has 3 N–H and O–H groups in total. The second-order valence-corrected chi connectivity index (χ2v) is 9.31. The number of hydrogen-bond acceptors (Lipinski definition) is 7. The number of primary amides is 1. The van der Waals surface area contributed by atoms with E-state index in [1.165, 1.54) is 36.0 Å². The minimum atomic E-state index is -5.12. The number of carbonyl (C=O) groups is 2. The summed E-state index contributed by atoms with van der Waals surface area (Å²) in [6.07, 6.45) is -5.12. The highest BCUT2D eigenvalue weighted by Gasteiger charge is 2.38. The number of aromatic nitrogens is 5. The van der Waals surface area contributed by atoms with Gasteiger partial charge in [0.1, 0.15) is 17.1 Å². The maximum atomic E-state index is 13.9. The zero-order valence-electron chi connectivity index (χ0n) is 22.6. The summed E-state index contributed by atoms with van der Waals surface area (Å²) in [7, 11) is 1.45. The molecule has 0 unspecified atom stereocenters. The van der Waals surface area contributed by atoms with Gasteiger partial charge >= 0.3 is 6.18 Å². The first kappa shape index (κ1) is 29.0. The first-order chi connectivity index (χ1) is 20.2. The molecule has 2 aromatic carbocycles. The highest BCUT2D eigenvalue weighted by Crippen LogP contribution is 2.29. The summed E-state index contributed by atoms with van der Waals surface area (Å²) < 4.78 is 63.9. The van der Waals surface area contributed by atoms with Crippen LogP contribution in [0.15, 0.2) is 56.6 Å². The fraction of sp³-hybridized carbons (Fsp3) is 0.185. The molecule has 12 nitrogen and oxygen atoms in total. The molecule has 3 heterocycles. The molecule has 2 amide bonds. The highest BCUT2D eigenvalue weighted by molar-refractivity contribution is 6.10. The van der Waals surface area contributed by atoms with Gasteiger partial charge < -0.3 is 15.6 Å². The van der Waals surface area contributed by atoms with Crippen molar-refractivity contribution in [2.24, 2.45) is 12.8 Å². The van der Waals surface area contributed by atoms with Crippen molar-refractivity contribution in [3.05, 3.63) is 91.8 Å². The van der Waals surface area contributed by atoms with Gasteiger partial charge in [-0.05, 0) is 49.7 Å². The fourth-order valence-corrected chi connectivity index (χ4v) is 4.68. The lowest BCUT2D eigenvalue weighted by molar-refractivity contribution is -0.144. The Morgan fingerprint density at radius 2 is 1.72 bits per heavy atom. The second-order valence-electron chi connectivity index (χ2n) is 9.31. The van der Waals surface area contributed by atoms with E-state index >= 15 is 0 Å². The van der Waals surface area contributed by atoms with E-state index in [2.05, 4.69) is 15.3 Å². The molecule has 0 aliphatic heterocycles. The van der Waals surface area contributed by atoms with Crippen LogP contribution in [0.5, 0.6) is 0 Å². The van der Waals surface area contributed by atoms with Gasteiger partial charge in [-0.15, -0.1) is 0 Å². The number of hydrogen-bond donors (Lipinski definition) is 2. The summed E-state index contributed by atoms with van der Waals surface area (Å²) in [6.45, 7) is 3.17. The van der Waals surface area contributed by atoms with E-state index in [-0.39, 0.29) is 34.6 Å². The van der Waals surface area contributed by atoms with Gasteiger partial charge in [-0.25, -0.2) is 19.0 Å². The monoisotopic (exact) mass is 599 g/mol. The molecule has 0 saturated carbocycles. The number of carbonyl (C=O) groups excluding carboxylic acids is 2. The van der Waals surface area contributed by atoms with Crippen molar-refractivity contribution in [2.45, 2.75) is 26.6 Å². The van der Waals surface area contributed by atoms with E-state index in [1.54, 1.807) is 13.8 Å². The summed E-state index contributed by atoms with van der Waals surface area (Å²) in [5, 5.41) is 2.27. The molecule has 222 valence electrons. The zero-order valence-corrected chi connectivity index (χ0v) is 22.6. The quantitative estimate of drug-likeness (QED) is 0.283. The molecule has 0 fully saturated rings. The standard InChI is InChI=1S/C27H21F4N7O5/c1-4-37-21-19(23(40)33-14-7-10-17(28)16(11-14)22(32)39)34-26(27(29,30)31)35-20(21)25(42)38(37)15-8-5-13(6-9-15)18-12(2)43-36(3)24(18)41/h5-11H,4H2,1-3H3,(H2,32,39)(H,33,40). The number of nitrogens with two attached hydrogens (primary N) is 1. The number of rotatable bonds is 6. The van der Waals surface area contributed by atoms with E-state index in [0.29, 0.717) is 11.3 Å². The Hall–Kier alpha value is -5.54. The minimum Gasteiger partial charge on any atom is -0.381 e. The average Bonchev–Trinajstić information content (AvgIpc) is 3.38. The van der Waals surface area contributed by atoms with Crippen molar-refractivity contribution in [3.63, 3.8) is 0 Å². The Balaban J connectivity index is 1.68. The lowest BCUT2D eigenvalue weighted by Gasteiger charge is -2.13. The van der Waals surface area contributed by atoms with E-state index in [0.717, 1.165) is 27.6 Å². The lowest BCUT2D eigenvalue weighted by Crippen LogP contribution is -2.21. The third kappa shape index (κ3) is 4.96. The Morgan fingerprint density at radius 3 is 2.28 bits per heavy atom. The van der Waals surface area contributed by atoms with Crippen LogP contribution < -0.4 is 22.2 Å². The molecule has 5 aromatic rings. The maximum Gasteiger partial charge on any atom is 0.451 e. The number of aryl methyl sites for hydroxylation is 3. The summed E-state index contributed by atoms with van der Waals surface area (Å²) in [4.78, 5) is 57.7. The van der Waals surface area contributed by atoms with E-state index in [1.807, 2.05) is 0 Å². The predicted molar refractivity (Wildman–Crippen MR) is 144 cm³/mol. The molecular weight excluding hydrogens is 578 g/mol. The van der Waals surface area contributed by atoms with Gasteiger partial charge in [0.25, 0.3) is 22.9 Å². The highest BCUT2D eigenvalue weighted by atomic mass is 19.4. The topological polar surface area (TPSA) is 160 Å². The van der Waals surface area contributed by atoms with Crippen LogP contribution in [0.1, 0.15) is 39.4 Å². The number of anilines is 1. The number of alkyl halides is 3. The van der Waals surface area contributed by atoms with Gasteiger partial charge in [-0.1, -0.05) is 12.1 Å². The summed E-state index contributed by atoms with van der Waals surface area (Å²) in [6, 6.07) is 8.82. The van der Waals surface area contributed by atoms with Crippen LogP contribution in [-0.2, 0) is 19.8 Å². The van der Waals surface area contributed by atoms with Crippen molar-refractivity contribution in [3.8, 4) is 16.8 Å². The number of nitrogens with one attached hydrogen (secondary N) is 1. The number of fused-ring (bicyclic) bond motifs is 1. The average molecular weight is 600 g/mol. The molecular formula is C27H21F4N7O5. The first-order valence-electron chi connectivity index (χ1n) is 12.5. The van der Waals surface area contributed by atoms with Gasteiger partial charge in [0, 0.05) is 19.3 Å². The van der Waals surface area contributed by atoms with E-state index in [4.69, 9.17) is 10.3 Å². The van der Waals surface area contributed by atoms with Gasteiger partial charge in [-0.3, -0.25) is 23.9 Å². The maximum absolute atomic E-state index is 13.9. The summed E-state index contributed by atoms with van der Waals surface area (Å²) in [5.41, 5.74) is 2.21. The molecule has 0 spiro atoms. The largest absolute Gasteiger partial charge is 0.451 e. The van der Waals surface area contributed by atoms with Crippen LogP contribution in [0.4, 0.5) is 23.2 Å². The molecule has 16 heteroatoms. The number of nitrogens with zero attached hydrogens (tertiary/aromatic N) is 5. The smallest absolute Gasteiger partial charge is 0.381 e. The Bertz CT molecular complexity index is 2050. The minimum absolute atomic E-state index is 0.0146. The van der Waals surface area contributed by atoms with Gasteiger partial charge in [0.05, 0.1) is 16.8 Å². The Kier molecular flexibility index (Phi) is 6.99. The number of amides is 2. The predicted octanol–water partition coefficient (Wildman–Crippen LogP) is 3.38. The third-order valence-corrected chi connectivity index (χ3v) is 6.56. The molecule has 3 aromatic heterocycles. The van der Waals surface area contributed by atoms with Gasteiger partial charge in [0.2, 0.25) is 5.82 Å². The Morgan fingerprint density at radius 1 is 1.05 bits per heavy atom. The fourth-order valence-electron chi connectivity index (χ4n) is 4.68. The third-order valence-electron chi connectivity index (χ3n) is 6.56. The van der Waals surface area contributed by atoms with Crippen molar-refractivity contribution in [2.75, 3.05) is 5.32 Å². The van der Waals surface area contributed by atoms with Gasteiger partial charge in [-0.2, -0.15) is 17.9 Å². The van der Waals surface area contributed by atoms with Crippen LogP contribution in [0.25, 0.3) is 27.8 Å². The summed E-state index contributed by atoms with van der Waals surface area (Å²) in [5.74, 6) is -4.68. The molecule has 0 radical (unpaired) electrons. The normalized spacial score (nSPS) is 11.7. The zero-order chi connectivity index (χ0) is 31.4. The first-order valence-corrected chi connectivity index (χ1v) is 12.5. The SMILES string of the molecule is CCn1c2c(C(=O)Nc3ccc(F)c(C(N)=O)c3)nc(C(F)(F)F)nc2c(=O)n1-c1ccc(-c2c(C)on(C)c2=O)cc1. The second kappa shape index (κ2) is 10.4. The lowest BCUT2D eigenvalue weighted by atomic mass is 10.1. The van der Waals surface area contributed by atoms with Crippen molar-refractivity contribution in [1.29, 1.82) is 0 Å². The van der Waals surface area contributed by atoms with Gasteiger partial charge in [0.15, 0.2) is 11.2 Å². The molecule has 5 rings (SSSR count). The molecule has 0 aliphatic rings.